The molecule has 72 valence electrons. The van der Waals surface area contributed by atoms with Crippen molar-refractivity contribution in [1.82, 2.24) is 10.3 Å². The monoisotopic (exact) mass is 182 g/mol. The van der Waals surface area contributed by atoms with E-state index in [0.717, 1.165) is 18.5 Å². The van der Waals surface area contributed by atoms with E-state index in [1.807, 2.05) is 6.92 Å². The van der Waals surface area contributed by atoms with Crippen molar-refractivity contribution in [3.05, 3.63) is 18.4 Å². The zero-order valence-electron chi connectivity index (χ0n) is 7.75. The van der Waals surface area contributed by atoms with Crippen LogP contribution in [0.2, 0.25) is 0 Å². The fourth-order valence-electron chi connectivity index (χ4n) is 1.01. The number of amides is 1. The van der Waals surface area contributed by atoms with Crippen LogP contribution in [0.4, 0.5) is 0 Å². The van der Waals surface area contributed by atoms with Crippen molar-refractivity contribution in [3.8, 4) is 0 Å². The molecule has 0 fully saturated rings. The molecule has 4 heteroatoms. The average Bonchev–Trinajstić information content (AvgIpc) is 2.57. The van der Waals surface area contributed by atoms with Gasteiger partial charge in [0.15, 0.2) is 6.39 Å². The average molecular weight is 182 g/mol. The van der Waals surface area contributed by atoms with Gasteiger partial charge in [-0.1, -0.05) is 6.92 Å². The summed E-state index contributed by atoms with van der Waals surface area (Å²) in [4.78, 5) is 15.0. The molecule has 0 saturated carbocycles. The van der Waals surface area contributed by atoms with Gasteiger partial charge in [0.1, 0.15) is 6.26 Å². The van der Waals surface area contributed by atoms with E-state index in [-0.39, 0.29) is 5.91 Å². The molecular weight excluding hydrogens is 168 g/mol. The Balaban J connectivity index is 2.11. The molecule has 0 unspecified atom stereocenters. The quantitative estimate of drug-likeness (QED) is 0.742. The third-order valence-electron chi connectivity index (χ3n) is 1.66. The number of aromatic nitrogens is 1. The normalized spacial score (nSPS) is 9.92. The smallest absolute Gasteiger partial charge is 0.219 e. The molecule has 4 nitrogen and oxygen atoms in total. The zero-order valence-corrected chi connectivity index (χ0v) is 7.75. The summed E-state index contributed by atoms with van der Waals surface area (Å²) in [5.41, 5.74) is 0.872. The summed E-state index contributed by atoms with van der Waals surface area (Å²) in [6.07, 6.45) is 5.19. The molecule has 0 aliphatic carbocycles. The van der Waals surface area contributed by atoms with E-state index in [0.29, 0.717) is 13.0 Å². The number of nitrogens with zero attached hydrogens (tertiary/aromatic N) is 1. The number of hydrogen-bond donors (Lipinski definition) is 1. The second-order valence-electron chi connectivity index (χ2n) is 2.83. The highest BCUT2D eigenvalue weighted by molar-refractivity contribution is 5.75. The molecule has 13 heavy (non-hydrogen) atoms. The molecule has 0 aliphatic heterocycles. The molecule has 0 atom stereocenters. The maximum absolute atomic E-state index is 11.0. The highest BCUT2D eigenvalue weighted by atomic mass is 16.3. The predicted molar refractivity (Wildman–Crippen MR) is 48.1 cm³/mol. The van der Waals surface area contributed by atoms with Crippen LogP contribution in [0.1, 0.15) is 25.5 Å². The predicted octanol–water partition coefficient (Wildman–Crippen LogP) is 1.13. The largest absolute Gasteiger partial charge is 0.451 e. The number of hydrogen-bond acceptors (Lipinski definition) is 3. The number of rotatable bonds is 5. The Hall–Kier alpha value is -1.32. The van der Waals surface area contributed by atoms with Gasteiger partial charge in [0.25, 0.3) is 0 Å². The molecule has 1 aromatic heterocycles. The lowest BCUT2D eigenvalue weighted by atomic mass is 10.3. The first-order chi connectivity index (χ1) is 6.33. The van der Waals surface area contributed by atoms with E-state index >= 15 is 0 Å². The fourth-order valence-corrected chi connectivity index (χ4v) is 1.01. The van der Waals surface area contributed by atoms with Crippen LogP contribution in [0.3, 0.4) is 0 Å². The van der Waals surface area contributed by atoms with Crippen LogP contribution in [0.5, 0.6) is 0 Å². The first-order valence-corrected chi connectivity index (χ1v) is 4.46. The third kappa shape index (κ3) is 3.73. The molecule has 0 bridgehead atoms. The first-order valence-electron chi connectivity index (χ1n) is 4.46. The van der Waals surface area contributed by atoms with Gasteiger partial charge in [-0.25, -0.2) is 4.98 Å². The molecular formula is C9H14N2O2. The maximum Gasteiger partial charge on any atom is 0.219 e. The Morgan fingerprint density at radius 2 is 2.54 bits per heavy atom. The molecule has 1 N–H and O–H groups in total. The summed E-state index contributed by atoms with van der Waals surface area (Å²) in [6.45, 7) is 2.61. The SMILES string of the molecule is CCCC(=O)NCCc1cocn1. The Bertz CT molecular complexity index is 244. The van der Waals surface area contributed by atoms with E-state index in [1.165, 1.54) is 6.39 Å². The minimum atomic E-state index is 0.103. The summed E-state index contributed by atoms with van der Waals surface area (Å²) < 4.78 is 4.80. The van der Waals surface area contributed by atoms with Crippen LogP contribution in [0.25, 0.3) is 0 Å². The van der Waals surface area contributed by atoms with E-state index in [2.05, 4.69) is 10.3 Å². The van der Waals surface area contributed by atoms with E-state index in [9.17, 15) is 4.79 Å². The van der Waals surface area contributed by atoms with Gasteiger partial charge in [-0.3, -0.25) is 4.79 Å². The lowest BCUT2D eigenvalue weighted by Gasteiger charge is -2.01. The first kappa shape index (κ1) is 9.77. The van der Waals surface area contributed by atoms with Gasteiger partial charge >= 0.3 is 0 Å². The Morgan fingerprint density at radius 1 is 1.69 bits per heavy atom. The summed E-state index contributed by atoms with van der Waals surface area (Å²) in [7, 11) is 0. The molecule has 0 aliphatic rings. The molecule has 1 heterocycles. The minimum Gasteiger partial charge on any atom is -0.451 e. The van der Waals surface area contributed by atoms with Gasteiger partial charge in [-0.2, -0.15) is 0 Å². The Morgan fingerprint density at radius 3 is 3.15 bits per heavy atom. The molecule has 0 aromatic carbocycles. The Kier molecular flexibility index (Phi) is 4.02. The molecule has 1 amide bonds. The van der Waals surface area contributed by atoms with E-state index < -0.39 is 0 Å². The second kappa shape index (κ2) is 5.35. The maximum atomic E-state index is 11.0. The van der Waals surface area contributed by atoms with Gasteiger partial charge in [0.05, 0.1) is 5.69 Å². The van der Waals surface area contributed by atoms with Crippen molar-refractivity contribution in [2.45, 2.75) is 26.2 Å². The van der Waals surface area contributed by atoms with Crippen LogP contribution < -0.4 is 5.32 Å². The fraction of sp³-hybridized carbons (Fsp3) is 0.556. The summed E-state index contributed by atoms with van der Waals surface area (Å²) in [5.74, 6) is 0.103. The van der Waals surface area contributed by atoms with Gasteiger partial charge < -0.3 is 9.73 Å². The van der Waals surface area contributed by atoms with Crippen LogP contribution in [-0.2, 0) is 11.2 Å². The molecule has 0 saturated heterocycles. The van der Waals surface area contributed by atoms with Gasteiger partial charge in [-0.05, 0) is 6.42 Å². The van der Waals surface area contributed by atoms with Crippen molar-refractivity contribution >= 4 is 5.91 Å². The van der Waals surface area contributed by atoms with Crippen molar-refractivity contribution in [2.75, 3.05) is 6.54 Å². The topological polar surface area (TPSA) is 55.1 Å². The highest BCUT2D eigenvalue weighted by Crippen LogP contribution is 1.94. The van der Waals surface area contributed by atoms with Gasteiger partial charge in [0.2, 0.25) is 5.91 Å². The second-order valence-corrected chi connectivity index (χ2v) is 2.83. The molecule has 0 spiro atoms. The summed E-state index contributed by atoms with van der Waals surface area (Å²) in [6, 6.07) is 0. The van der Waals surface area contributed by atoms with Crippen molar-refractivity contribution < 1.29 is 9.21 Å². The zero-order chi connectivity index (χ0) is 9.52. The van der Waals surface area contributed by atoms with Crippen LogP contribution in [0.15, 0.2) is 17.1 Å². The summed E-state index contributed by atoms with van der Waals surface area (Å²) >= 11 is 0. The lowest BCUT2D eigenvalue weighted by molar-refractivity contribution is -0.121. The van der Waals surface area contributed by atoms with E-state index in [1.54, 1.807) is 6.26 Å². The molecule has 1 aromatic rings. The number of oxazole rings is 1. The van der Waals surface area contributed by atoms with Crippen LogP contribution >= 0.6 is 0 Å². The van der Waals surface area contributed by atoms with Gasteiger partial charge in [-0.15, -0.1) is 0 Å². The van der Waals surface area contributed by atoms with Gasteiger partial charge in [0, 0.05) is 19.4 Å². The highest BCUT2D eigenvalue weighted by Gasteiger charge is 1.99. The minimum absolute atomic E-state index is 0.103. The van der Waals surface area contributed by atoms with Crippen molar-refractivity contribution in [3.63, 3.8) is 0 Å². The number of carbonyl (C=O) groups is 1. The van der Waals surface area contributed by atoms with Crippen molar-refractivity contribution in [2.24, 2.45) is 0 Å². The summed E-state index contributed by atoms with van der Waals surface area (Å²) in [5, 5.41) is 2.80. The lowest BCUT2D eigenvalue weighted by Crippen LogP contribution is -2.25. The molecule has 1 rings (SSSR count). The Labute approximate surface area is 77.3 Å². The van der Waals surface area contributed by atoms with E-state index in [4.69, 9.17) is 4.42 Å². The van der Waals surface area contributed by atoms with Crippen LogP contribution in [-0.4, -0.2) is 17.4 Å². The van der Waals surface area contributed by atoms with Crippen molar-refractivity contribution in [1.29, 1.82) is 0 Å². The van der Waals surface area contributed by atoms with Crippen LogP contribution in [0, 0.1) is 0 Å². The molecule has 0 radical (unpaired) electrons. The third-order valence-corrected chi connectivity index (χ3v) is 1.66. The number of nitrogens with one attached hydrogen (secondary N) is 1. The number of carbonyl (C=O) groups excluding carboxylic acids is 1. The standard InChI is InChI=1S/C9H14N2O2/c1-2-3-9(12)10-5-4-8-6-13-7-11-8/h6-7H,2-5H2,1H3,(H,10,12).